The zero-order chi connectivity index (χ0) is 23.8. The number of nitrogens with two attached hydrogens (primary N) is 1. The molecule has 0 saturated heterocycles. The Morgan fingerprint density at radius 2 is 1.94 bits per heavy atom. The van der Waals surface area contributed by atoms with Gasteiger partial charge >= 0.3 is 6.18 Å². The van der Waals surface area contributed by atoms with E-state index in [9.17, 15) is 22.8 Å². The molecule has 0 aliphatic heterocycles. The van der Waals surface area contributed by atoms with E-state index in [1.54, 1.807) is 36.5 Å². The number of nitrogens with zero attached hydrogens (tertiary/aromatic N) is 3. The summed E-state index contributed by atoms with van der Waals surface area (Å²) in [5.41, 5.74) is 5.03. The zero-order valence-corrected chi connectivity index (χ0v) is 18.3. The van der Waals surface area contributed by atoms with E-state index in [4.69, 9.17) is 17.3 Å². The lowest BCUT2D eigenvalue weighted by molar-refractivity contribution is -0.140. The second-order valence-electron chi connectivity index (χ2n) is 6.99. The van der Waals surface area contributed by atoms with Gasteiger partial charge in [0.1, 0.15) is 15.4 Å². The number of hydrogen-bond acceptors (Lipinski definition) is 5. The van der Waals surface area contributed by atoms with Gasteiger partial charge in [-0.05, 0) is 17.2 Å². The number of halogens is 4. The third-order valence-electron chi connectivity index (χ3n) is 4.70. The van der Waals surface area contributed by atoms with Crippen LogP contribution in [-0.4, -0.2) is 26.6 Å². The van der Waals surface area contributed by atoms with Crippen molar-refractivity contribution in [2.24, 2.45) is 5.73 Å². The average molecular weight is 494 g/mol. The molecule has 3 N–H and O–H groups in total. The highest BCUT2D eigenvalue weighted by Gasteiger charge is 2.35. The first kappa shape index (κ1) is 22.7. The summed E-state index contributed by atoms with van der Waals surface area (Å²) >= 11 is 6.51. The van der Waals surface area contributed by atoms with E-state index in [0.29, 0.717) is 21.9 Å². The first-order valence-corrected chi connectivity index (χ1v) is 10.7. The number of primary amides is 1. The summed E-state index contributed by atoms with van der Waals surface area (Å²) < 4.78 is 42.0. The summed E-state index contributed by atoms with van der Waals surface area (Å²) in [6.45, 7) is 0.203. The zero-order valence-electron chi connectivity index (χ0n) is 16.7. The number of hydrogen-bond donors (Lipinski definition) is 2. The van der Waals surface area contributed by atoms with Gasteiger partial charge in [-0.3, -0.25) is 14.3 Å². The smallest absolute Gasteiger partial charge is 0.365 e. The topological polar surface area (TPSA) is 103 Å². The van der Waals surface area contributed by atoms with Crippen molar-refractivity contribution >= 4 is 50.7 Å². The number of aryl methyl sites for hydroxylation is 1. The molecule has 2 amide bonds. The molecular weight excluding hydrogens is 479 g/mol. The third kappa shape index (κ3) is 4.83. The van der Waals surface area contributed by atoms with Crippen LogP contribution in [0.25, 0.3) is 21.3 Å². The number of carbonyl (C=O) groups is 2. The standard InChI is InChI=1S/C21H15ClF3N5O2S/c22-12-9-27-30(10-12)7-6-15(31)29-17-16-13(11-4-2-1-3-5-11)8-14(21(23,24)25)28-20(16)33-18(17)19(26)32/h1-5,8-10H,6-7H2,(H2,26,32)(H,29,31). The van der Waals surface area contributed by atoms with Gasteiger partial charge in [-0.2, -0.15) is 18.3 Å². The van der Waals surface area contributed by atoms with Crippen molar-refractivity contribution in [2.45, 2.75) is 19.1 Å². The lowest BCUT2D eigenvalue weighted by Gasteiger charge is -2.12. The number of anilines is 1. The van der Waals surface area contributed by atoms with Gasteiger partial charge in [0.05, 0.1) is 16.9 Å². The Hall–Kier alpha value is -3.44. The number of thiophene rings is 1. The maximum absolute atomic E-state index is 13.5. The third-order valence-corrected chi connectivity index (χ3v) is 5.99. The molecule has 4 aromatic rings. The number of aromatic nitrogens is 3. The molecule has 0 bridgehead atoms. The second kappa shape index (κ2) is 8.83. The monoisotopic (exact) mass is 493 g/mol. The van der Waals surface area contributed by atoms with Crippen LogP contribution in [0, 0.1) is 0 Å². The number of nitrogens with one attached hydrogen (secondary N) is 1. The molecule has 170 valence electrons. The van der Waals surface area contributed by atoms with E-state index in [1.807, 2.05) is 0 Å². The van der Waals surface area contributed by atoms with E-state index >= 15 is 0 Å². The molecule has 0 spiro atoms. The molecule has 12 heteroatoms. The molecular formula is C21H15ClF3N5O2S. The molecule has 33 heavy (non-hydrogen) atoms. The molecule has 0 atom stereocenters. The second-order valence-corrected chi connectivity index (χ2v) is 8.42. The van der Waals surface area contributed by atoms with E-state index < -0.39 is 23.7 Å². The number of rotatable bonds is 6. The SMILES string of the molecule is NC(=O)c1sc2nc(C(F)(F)F)cc(-c3ccccc3)c2c1NC(=O)CCn1cc(Cl)cn1. The van der Waals surface area contributed by atoms with Crippen molar-refractivity contribution < 1.29 is 22.8 Å². The minimum atomic E-state index is -4.71. The van der Waals surface area contributed by atoms with E-state index in [1.165, 1.54) is 10.9 Å². The van der Waals surface area contributed by atoms with Crippen LogP contribution in [0.5, 0.6) is 0 Å². The fourth-order valence-corrected chi connectivity index (χ4v) is 4.42. The average Bonchev–Trinajstić information content (AvgIpc) is 3.35. The number of benzene rings is 1. The predicted octanol–water partition coefficient (Wildman–Crippen LogP) is 4.96. The Morgan fingerprint density at radius 1 is 1.21 bits per heavy atom. The van der Waals surface area contributed by atoms with E-state index in [0.717, 1.165) is 6.07 Å². The van der Waals surface area contributed by atoms with Crippen LogP contribution in [0.2, 0.25) is 5.02 Å². The first-order valence-electron chi connectivity index (χ1n) is 9.51. The first-order chi connectivity index (χ1) is 15.6. The molecule has 0 aliphatic carbocycles. The Bertz CT molecular complexity index is 1350. The minimum absolute atomic E-state index is 0.0255. The Labute approximate surface area is 194 Å². The van der Waals surface area contributed by atoms with Crippen LogP contribution in [0.4, 0.5) is 18.9 Å². The van der Waals surface area contributed by atoms with Gasteiger partial charge in [0.25, 0.3) is 5.91 Å². The summed E-state index contributed by atoms with van der Waals surface area (Å²) in [5.74, 6) is -1.37. The van der Waals surface area contributed by atoms with Gasteiger partial charge in [-0.1, -0.05) is 41.9 Å². The van der Waals surface area contributed by atoms with Crippen LogP contribution < -0.4 is 11.1 Å². The highest BCUT2D eigenvalue weighted by atomic mass is 35.5. The van der Waals surface area contributed by atoms with Crippen LogP contribution in [-0.2, 0) is 17.5 Å². The molecule has 1 aromatic carbocycles. The van der Waals surface area contributed by atoms with Crippen LogP contribution >= 0.6 is 22.9 Å². The molecule has 7 nitrogen and oxygen atoms in total. The van der Waals surface area contributed by atoms with Gasteiger partial charge in [-0.25, -0.2) is 4.98 Å². The Kier molecular flexibility index (Phi) is 6.09. The number of amides is 2. The maximum Gasteiger partial charge on any atom is 0.433 e. The summed E-state index contributed by atoms with van der Waals surface area (Å²) in [7, 11) is 0. The van der Waals surface area contributed by atoms with E-state index in [2.05, 4.69) is 15.4 Å². The van der Waals surface area contributed by atoms with Crippen molar-refractivity contribution in [2.75, 3.05) is 5.32 Å². The van der Waals surface area contributed by atoms with Crippen molar-refractivity contribution in [3.8, 4) is 11.1 Å². The molecule has 4 rings (SSSR count). The molecule has 0 saturated carbocycles. The lowest BCUT2D eigenvalue weighted by atomic mass is 10.0. The highest BCUT2D eigenvalue weighted by Crippen LogP contribution is 2.43. The fourth-order valence-electron chi connectivity index (χ4n) is 3.26. The minimum Gasteiger partial charge on any atom is -0.365 e. The van der Waals surface area contributed by atoms with Gasteiger partial charge in [-0.15, -0.1) is 11.3 Å². The Morgan fingerprint density at radius 3 is 2.55 bits per heavy atom. The van der Waals surface area contributed by atoms with E-state index in [-0.39, 0.29) is 39.3 Å². The summed E-state index contributed by atoms with van der Waals surface area (Å²) in [5, 5.41) is 7.24. The maximum atomic E-state index is 13.5. The predicted molar refractivity (Wildman–Crippen MR) is 119 cm³/mol. The summed E-state index contributed by atoms with van der Waals surface area (Å²) in [6, 6.07) is 9.22. The molecule has 3 heterocycles. The number of pyridine rings is 1. The number of alkyl halides is 3. The molecule has 0 fully saturated rings. The van der Waals surface area contributed by atoms with Gasteiger partial charge in [0.15, 0.2) is 0 Å². The number of carbonyl (C=O) groups excluding carboxylic acids is 2. The molecule has 0 aliphatic rings. The fraction of sp³-hybridized carbons (Fsp3) is 0.143. The Balaban J connectivity index is 1.81. The van der Waals surface area contributed by atoms with Crippen LogP contribution in [0.15, 0.2) is 48.8 Å². The summed E-state index contributed by atoms with van der Waals surface area (Å²) in [6.07, 6.45) is -1.77. The van der Waals surface area contributed by atoms with Crippen molar-refractivity contribution in [1.29, 1.82) is 0 Å². The van der Waals surface area contributed by atoms with Crippen LogP contribution in [0.1, 0.15) is 21.8 Å². The van der Waals surface area contributed by atoms with Gasteiger partial charge < -0.3 is 11.1 Å². The van der Waals surface area contributed by atoms with Crippen molar-refractivity contribution in [3.63, 3.8) is 0 Å². The highest BCUT2D eigenvalue weighted by molar-refractivity contribution is 7.21. The largest absolute Gasteiger partial charge is 0.433 e. The van der Waals surface area contributed by atoms with Crippen LogP contribution in [0.3, 0.4) is 0 Å². The van der Waals surface area contributed by atoms with Gasteiger partial charge in [0.2, 0.25) is 5.91 Å². The quantitative estimate of drug-likeness (QED) is 0.396. The molecule has 0 unspecified atom stereocenters. The molecule has 0 radical (unpaired) electrons. The number of fused-ring (bicyclic) bond motifs is 1. The normalized spacial score (nSPS) is 11.6. The van der Waals surface area contributed by atoms with Crippen molar-refractivity contribution in [3.05, 3.63) is 64.4 Å². The molecule has 3 aromatic heterocycles. The van der Waals surface area contributed by atoms with Gasteiger partial charge in [0, 0.05) is 24.5 Å². The summed E-state index contributed by atoms with van der Waals surface area (Å²) in [4.78, 5) is 28.3. The lowest BCUT2D eigenvalue weighted by Crippen LogP contribution is -2.18. The van der Waals surface area contributed by atoms with Crippen molar-refractivity contribution in [1.82, 2.24) is 14.8 Å².